The molecule has 1 aromatic heterocycles. The molecule has 0 unspecified atom stereocenters. The highest BCUT2D eigenvalue weighted by atomic mass is 32.2. The van der Waals surface area contributed by atoms with Crippen LogP contribution in [0, 0.1) is 11.8 Å². The van der Waals surface area contributed by atoms with Crippen LogP contribution in [0.2, 0.25) is 0 Å². The Bertz CT molecular complexity index is 1190. The number of aliphatic imine (C=N–C) groups is 1. The van der Waals surface area contributed by atoms with E-state index in [4.69, 9.17) is 5.84 Å². The molecule has 2 fully saturated rings. The quantitative estimate of drug-likeness (QED) is 0.0677. The number of fused-ring (bicyclic) bond motifs is 1. The van der Waals surface area contributed by atoms with Crippen LogP contribution >= 0.6 is 11.8 Å². The summed E-state index contributed by atoms with van der Waals surface area (Å²) in [6.45, 7) is 3.91. The zero-order valence-electron chi connectivity index (χ0n) is 20.8. The molecule has 14 nitrogen and oxygen atoms in total. The van der Waals surface area contributed by atoms with E-state index < -0.39 is 29.9 Å². The number of nitrogens with two attached hydrogens (primary N) is 1. The van der Waals surface area contributed by atoms with Gasteiger partial charge in [-0.3, -0.25) is 24.4 Å². The van der Waals surface area contributed by atoms with Crippen molar-refractivity contribution < 1.29 is 24.3 Å². The molecule has 6 atom stereocenters. The van der Waals surface area contributed by atoms with Crippen molar-refractivity contribution in [3.8, 4) is 0 Å². The number of rotatable bonds is 10. The molecule has 4 heterocycles. The molecule has 0 spiro atoms. The standard InChI is InChI=1S/C23H29N9O5S/c1-11-18-17(12(2)29-16(33)9-26-10-28-31-24)22(35)32(18)19(23(36)37)20(11)38-14-7-15(27-8-14)21(34)30-13-3-5-25-6-4-13/h3-6,10-12,14-15,17-18,27H,7-9H2,1-2H3,(H,29,33)(H,36,37)(H2,24,26,28)(H,25,30,34)/t11-,12-,14+,15+,17-,18-/m1/s1. The lowest BCUT2D eigenvalue weighted by molar-refractivity contribution is -0.158. The van der Waals surface area contributed by atoms with Gasteiger partial charge in [-0.15, -0.1) is 16.9 Å². The minimum atomic E-state index is -1.17. The lowest BCUT2D eigenvalue weighted by Gasteiger charge is -2.47. The number of hydrogen-bond donors (Lipinski definition) is 5. The maximum atomic E-state index is 13.1. The van der Waals surface area contributed by atoms with Crippen LogP contribution in [0.3, 0.4) is 0 Å². The number of thioether (sulfide) groups is 1. The molecule has 38 heavy (non-hydrogen) atoms. The highest BCUT2D eigenvalue weighted by Gasteiger charge is 2.60. The van der Waals surface area contributed by atoms with Crippen LogP contribution < -0.4 is 21.8 Å². The number of pyridine rings is 1. The summed E-state index contributed by atoms with van der Waals surface area (Å²) in [5, 5.41) is 25.1. The highest BCUT2D eigenvalue weighted by molar-refractivity contribution is 8.03. The molecule has 2 saturated heterocycles. The Balaban J connectivity index is 1.39. The normalized spacial score (nSPS) is 27.5. The van der Waals surface area contributed by atoms with Gasteiger partial charge < -0.3 is 31.8 Å². The van der Waals surface area contributed by atoms with Crippen molar-refractivity contribution in [2.45, 2.75) is 43.6 Å². The van der Waals surface area contributed by atoms with Gasteiger partial charge in [0.15, 0.2) is 0 Å². The number of carboxylic acid groups (broad SMARTS) is 1. The van der Waals surface area contributed by atoms with Gasteiger partial charge in [0.25, 0.3) is 0 Å². The fourth-order valence-corrected chi connectivity index (χ4v) is 6.59. The molecule has 3 aliphatic heterocycles. The lowest BCUT2D eigenvalue weighted by atomic mass is 9.78. The molecule has 0 radical (unpaired) electrons. The molecule has 4 rings (SSSR count). The zero-order valence-corrected chi connectivity index (χ0v) is 21.6. The lowest BCUT2D eigenvalue weighted by Crippen LogP contribution is -2.66. The van der Waals surface area contributed by atoms with Crippen LogP contribution in [0.15, 0.2) is 50.5 Å². The molecule has 202 valence electrons. The monoisotopic (exact) mass is 543 g/mol. The van der Waals surface area contributed by atoms with Crippen LogP contribution in [0.5, 0.6) is 0 Å². The van der Waals surface area contributed by atoms with Crippen molar-refractivity contribution in [3.63, 3.8) is 0 Å². The number of nitrogens with one attached hydrogen (secondary N) is 3. The van der Waals surface area contributed by atoms with Gasteiger partial charge in [0.1, 0.15) is 18.6 Å². The molecule has 0 bridgehead atoms. The van der Waals surface area contributed by atoms with E-state index in [0.29, 0.717) is 23.6 Å². The van der Waals surface area contributed by atoms with Crippen LogP contribution in [-0.4, -0.2) is 81.5 Å². The third-order valence-electron chi connectivity index (χ3n) is 6.80. The third-order valence-corrected chi connectivity index (χ3v) is 8.31. The van der Waals surface area contributed by atoms with Gasteiger partial charge in [-0.2, -0.15) is 0 Å². The van der Waals surface area contributed by atoms with Crippen LogP contribution in [0.4, 0.5) is 5.69 Å². The Labute approximate surface area is 222 Å². The molecule has 1 aromatic rings. The van der Waals surface area contributed by atoms with Crippen LogP contribution in [0.1, 0.15) is 20.3 Å². The van der Waals surface area contributed by atoms with Gasteiger partial charge in [0.2, 0.25) is 17.7 Å². The molecule has 15 heteroatoms. The van der Waals surface area contributed by atoms with Crippen molar-refractivity contribution in [1.29, 1.82) is 0 Å². The Hall–Kier alpha value is -3.85. The second-order valence-electron chi connectivity index (χ2n) is 9.24. The topological polar surface area (TPSA) is 204 Å². The van der Waals surface area contributed by atoms with Crippen molar-refractivity contribution in [2.24, 2.45) is 33.0 Å². The first-order valence-electron chi connectivity index (χ1n) is 12.0. The van der Waals surface area contributed by atoms with Gasteiger partial charge >= 0.3 is 5.97 Å². The maximum absolute atomic E-state index is 13.1. The first kappa shape index (κ1) is 27.2. The second kappa shape index (κ2) is 11.7. The molecular formula is C23H29N9O5S. The number of aliphatic carboxylic acids is 1. The molecule has 0 saturated carbocycles. The van der Waals surface area contributed by atoms with E-state index in [1.807, 2.05) is 6.92 Å². The summed E-state index contributed by atoms with van der Waals surface area (Å²) in [6.07, 6.45) is 4.74. The Morgan fingerprint density at radius 2 is 2.11 bits per heavy atom. The second-order valence-corrected chi connectivity index (χ2v) is 10.6. The predicted molar refractivity (Wildman–Crippen MR) is 139 cm³/mol. The molecular weight excluding hydrogens is 514 g/mol. The highest BCUT2D eigenvalue weighted by Crippen LogP contribution is 2.51. The number of carbonyl (C=O) groups is 4. The Kier molecular flexibility index (Phi) is 8.36. The summed E-state index contributed by atoms with van der Waals surface area (Å²) < 4.78 is 0. The minimum absolute atomic E-state index is 0.0197. The number of β-lactam (4-membered cyclic amide) rings is 1. The van der Waals surface area contributed by atoms with E-state index in [1.165, 1.54) is 16.7 Å². The SMILES string of the molecule is C[C@@H](NC(=O)CN=CN=NN)[C@H]1C(=O)N2C(C(=O)O)=C(S[C@@H]3CN[C@H](C(=O)Nc4ccncc4)C3)[C@H](C)[C@H]12. The zero-order chi connectivity index (χ0) is 27.4. The number of carboxylic acids is 1. The average Bonchev–Trinajstić information content (AvgIpc) is 3.44. The van der Waals surface area contributed by atoms with Crippen molar-refractivity contribution in [3.05, 3.63) is 35.1 Å². The van der Waals surface area contributed by atoms with Crippen molar-refractivity contribution >= 4 is 47.5 Å². The molecule has 6 N–H and O–H groups in total. The third kappa shape index (κ3) is 5.52. The summed E-state index contributed by atoms with van der Waals surface area (Å²) in [5.41, 5.74) is 0.625. The predicted octanol–water partition coefficient (Wildman–Crippen LogP) is 0.116. The number of carbonyl (C=O) groups excluding carboxylic acids is 3. The van der Waals surface area contributed by atoms with Crippen LogP contribution in [-0.2, 0) is 19.2 Å². The molecule has 3 amide bonds. The van der Waals surface area contributed by atoms with Crippen molar-refractivity contribution in [2.75, 3.05) is 18.4 Å². The summed E-state index contributed by atoms with van der Waals surface area (Å²) >= 11 is 1.40. The Morgan fingerprint density at radius 3 is 2.79 bits per heavy atom. The number of nitrogens with zero attached hydrogens (tertiary/aromatic N) is 5. The molecule has 0 aromatic carbocycles. The number of aromatic nitrogens is 1. The first-order chi connectivity index (χ1) is 18.2. The van der Waals surface area contributed by atoms with E-state index in [0.717, 1.165) is 6.34 Å². The summed E-state index contributed by atoms with van der Waals surface area (Å²) in [4.78, 5) is 59.8. The fraction of sp³-hybridized carbons (Fsp3) is 0.478. The van der Waals surface area contributed by atoms with Crippen molar-refractivity contribution in [1.82, 2.24) is 20.5 Å². The minimum Gasteiger partial charge on any atom is -0.477 e. The molecule has 3 aliphatic rings. The van der Waals surface area contributed by atoms with E-state index in [2.05, 4.69) is 36.3 Å². The number of amides is 3. The van der Waals surface area contributed by atoms with Gasteiger partial charge in [-0.1, -0.05) is 12.1 Å². The van der Waals surface area contributed by atoms with E-state index in [9.17, 15) is 24.3 Å². The Morgan fingerprint density at radius 1 is 1.37 bits per heavy atom. The number of hydrogen-bond acceptors (Lipinski definition) is 9. The van der Waals surface area contributed by atoms with E-state index >= 15 is 0 Å². The van der Waals surface area contributed by atoms with E-state index in [1.54, 1.807) is 31.5 Å². The van der Waals surface area contributed by atoms with Gasteiger partial charge in [0.05, 0.1) is 18.0 Å². The number of anilines is 1. The molecule has 0 aliphatic carbocycles. The van der Waals surface area contributed by atoms with E-state index in [-0.39, 0.29) is 41.3 Å². The fourth-order valence-electron chi connectivity index (χ4n) is 5.11. The maximum Gasteiger partial charge on any atom is 0.353 e. The van der Waals surface area contributed by atoms with Crippen LogP contribution in [0.25, 0.3) is 0 Å². The summed E-state index contributed by atoms with van der Waals surface area (Å²) in [7, 11) is 0. The van der Waals surface area contributed by atoms with Gasteiger partial charge in [0, 0.05) is 46.7 Å². The summed E-state index contributed by atoms with van der Waals surface area (Å²) in [5.74, 6) is 1.94. The van der Waals surface area contributed by atoms with Gasteiger partial charge in [-0.05, 0) is 25.5 Å². The summed E-state index contributed by atoms with van der Waals surface area (Å²) in [6, 6.07) is 2.05. The first-order valence-corrected chi connectivity index (χ1v) is 12.9. The smallest absolute Gasteiger partial charge is 0.353 e. The largest absolute Gasteiger partial charge is 0.477 e. The average molecular weight is 544 g/mol. The van der Waals surface area contributed by atoms with Gasteiger partial charge in [-0.25, -0.2) is 4.79 Å².